The normalized spacial score (nSPS) is 13.9. The quantitative estimate of drug-likeness (QED) is 0.266. The number of hydrogen-bond donors (Lipinski definition) is 3. The van der Waals surface area contributed by atoms with Crippen LogP contribution in [-0.2, 0) is 14.6 Å². The molecule has 7 heteroatoms. The fraction of sp³-hybridized carbons (Fsp3) is 0.800. The molecule has 0 saturated heterocycles. The Morgan fingerprint density at radius 2 is 2.08 bits per heavy atom. The topological polar surface area (TPSA) is 115 Å². The molecule has 0 heterocycles. The van der Waals surface area contributed by atoms with Gasteiger partial charge in [-0.3, -0.25) is 10.2 Å². The SMILES string of the molecule is CS(=O)(=O)CCC(N)C(=O)NN. The third-order valence-electron chi connectivity index (χ3n) is 1.28. The van der Waals surface area contributed by atoms with E-state index >= 15 is 0 Å². The highest BCUT2D eigenvalue weighted by molar-refractivity contribution is 7.90. The molecule has 0 aromatic carbocycles. The first kappa shape index (κ1) is 11.3. The molecule has 0 aliphatic rings. The summed E-state index contributed by atoms with van der Waals surface area (Å²) in [7, 11) is -3.06. The summed E-state index contributed by atoms with van der Waals surface area (Å²) in [5.41, 5.74) is 7.12. The Kier molecular flexibility index (Phi) is 4.15. The van der Waals surface area contributed by atoms with Gasteiger partial charge >= 0.3 is 0 Å². The van der Waals surface area contributed by atoms with E-state index in [4.69, 9.17) is 11.6 Å². The fourth-order valence-corrected chi connectivity index (χ4v) is 1.26. The van der Waals surface area contributed by atoms with Crippen LogP contribution in [0, 0.1) is 0 Å². The zero-order valence-electron chi connectivity index (χ0n) is 6.78. The Morgan fingerprint density at radius 3 is 2.42 bits per heavy atom. The van der Waals surface area contributed by atoms with Crippen molar-refractivity contribution < 1.29 is 13.2 Å². The maximum absolute atomic E-state index is 10.7. The second kappa shape index (κ2) is 4.39. The van der Waals surface area contributed by atoms with Crippen LogP contribution >= 0.6 is 0 Å². The van der Waals surface area contributed by atoms with Gasteiger partial charge in [-0.05, 0) is 6.42 Å². The Morgan fingerprint density at radius 1 is 1.58 bits per heavy atom. The molecule has 0 rings (SSSR count). The van der Waals surface area contributed by atoms with Crippen LogP contribution in [-0.4, -0.2) is 32.4 Å². The van der Waals surface area contributed by atoms with Gasteiger partial charge in [-0.2, -0.15) is 0 Å². The highest BCUT2D eigenvalue weighted by Crippen LogP contribution is 1.92. The molecule has 0 aliphatic carbocycles. The molecule has 0 spiro atoms. The summed E-state index contributed by atoms with van der Waals surface area (Å²) >= 11 is 0. The van der Waals surface area contributed by atoms with Crippen molar-refractivity contribution in [3.8, 4) is 0 Å². The van der Waals surface area contributed by atoms with E-state index < -0.39 is 21.8 Å². The number of hydrogen-bond acceptors (Lipinski definition) is 5. The summed E-state index contributed by atoms with van der Waals surface area (Å²) < 4.78 is 21.3. The molecule has 0 aromatic rings. The van der Waals surface area contributed by atoms with Crippen LogP contribution in [0.2, 0.25) is 0 Å². The first-order valence-corrected chi connectivity index (χ1v) is 5.36. The maximum Gasteiger partial charge on any atom is 0.250 e. The molecule has 0 saturated carbocycles. The summed E-state index contributed by atoms with van der Waals surface area (Å²) in [5.74, 6) is 4.12. The number of hydrazine groups is 1. The van der Waals surface area contributed by atoms with Gasteiger partial charge in [0.1, 0.15) is 9.84 Å². The molecule has 1 atom stereocenters. The molecule has 72 valence electrons. The molecule has 0 fully saturated rings. The predicted octanol–water partition coefficient (Wildman–Crippen LogP) is -2.26. The molecular weight excluding hydrogens is 182 g/mol. The van der Waals surface area contributed by atoms with E-state index in [2.05, 4.69) is 0 Å². The predicted molar refractivity (Wildman–Crippen MR) is 44.6 cm³/mol. The zero-order chi connectivity index (χ0) is 9.78. The minimum Gasteiger partial charge on any atom is -0.320 e. The maximum atomic E-state index is 10.7. The zero-order valence-corrected chi connectivity index (χ0v) is 7.60. The highest BCUT2D eigenvalue weighted by atomic mass is 32.2. The first-order valence-electron chi connectivity index (χ1n) is 3.30. The van der Waals surface area contributed by atoms with Gasteiger partial charge in [0.25, 0.3) is 5.91 Å². The number of sulfone groups is 1. The summed E-state index contributed by atoms with van der Waals surface area (Å²) in [6.07, 6.45) is 1.17. The molecular formula is C5H13N3O3S. The second-order valence-electron chi connectivity index (χ2n) is 2.53. The van der Waals surface area contributed by atoms with Crippen molar-refractivity contribution in [2.75, 3.05) is 12.0 Å². The van der Waals surface area contributed by atoms with Crippen molar-refractivity contribution in [2.24, 2.45) is 11.6 Å². The second-order valence-corrected chi connectivity index (χ2v) is 4.79. The number of amides is 1. The minimum absolute atomic E-state index is 0.0852. The molecule has 0 bridgehead atoms. The van der Waals surface area contributed by atoms with E-state index in [0.717, 1.165) is 6.26 Å². The average Bonchev–Trinajstić information content (AvgIpc) is 1.97. The lowest BCUT2D eigenvalue weighted by Gasteiger charge is -2.07. The molecule has 1 unspecified atom stereocenters. The third kappa shape index (κ3) is 5.05. The van der Waals surface area contributed by atoms with Gasteiger partial charge in [0.15, 0.2) is 0 Å². The standard InChI is InChI=1S/C5H13N3O3S/c1-12(10,11)3-2-4(6)5(9)8-7/h4H,2-3,6-7H2,1H3,(H,8,9). The van der Waals surface area contributed by atoms with Crippen molar-refractivity contribution in [2.45, 2.75) is 12.5 Å². The Bertz CT molecular complexity index is 249. The van der Waals surface area contributed by atoms with E-state index in [1.54, 1.807) is 0 Å². The lowest BCUT2D eigenvalue weighted by atomic mass is 10.2. The van der Waals surface area contributed by atoms with Crippen molar-refractivity contribution in [3.63, 3.8) is 0 Å². The third-order valence-corrected chi connectivity index (χ3v) is 2.26. The molecule has 0 aromatic heterocycles. The molecule has 1 amide bonds. The smallest absolute Gasteiger partial charge is 0.250 e. The monoisotopic (exact) mass is 195 g/mol. The minimum atomic E-state index is -3.06. The van der Waals surface area contributed by atoms with Gasteiger partial charge in [-0.1, -0.05) is 0 Å². The number of carbonyl (C=O) groups excluding carboxylic acids is 1. The van der Waals surface area contributed by atoms with E-state index in [0.29, 0.717) is 0 Å². The summed E-state index contributed by atoms with van der Waals surface area (Å²) in [5, 5.41) is 0. The largest absolute Gasteiger partial charge is 0.320 e. The van der Waals surface area contributed by atoms with Crippen LogP contribution in [0.3, 0.4) is 0 Å². The fourth-order valence-electron chi connectivity index (χ4n) is 0.579. The van der Waals surface area contributed by atoms with Gasteiger partial charge < -0.3 is 5.73 Å². The van der Waals surface area contributed by atoms with Crippen molar-refractivity contribution >= 4 is 15.7 Å². The van der Waals surface area contributed by atoms with Gasteiger partial charge in [-0.25, -0.2) is 14.3 Å². The first-order chi connectivity index (χ1) is 5.37. The van der Waals surface area contributed by atoms with Gasteiger partial charge in [0, 0.05) is 6.26 Å². The van der Waals surface area contributed by atoms with Crippen molar-refractivity contribution in [1.82, 2.24) is 5.43 Å². The number of carbonyl (C=O) groups is 1. The molecule has 12 heavy (non-hydrogen) atoms. The highest BCUT2D eigenvalue weighted by Gasteiger charge is 2.14. The Labute approximate surface area is 71.2 Å². The summed E-state index contributed by atoms with van der Waals surface area (Å²) in [6, 6.07) is -0.857. The van der Waals surface area contributed by atoms with Crippen LogP contribution in [0.15, 0.2) is 0 Å². The molecule has 0 radical (unpaired) electrons. The van der Waals surface area contributed by atoms with Crippen LogP contribution in [0.4, 0.5) is 0 Å². The Hall–Kier alpha value is -0.660. The Balaban J connectivity index is 3.88. The van der Waals surface area contributed by atoms with E-state index in [1.807, 2.05) is 5.43 Å². The molecule has 0 aliphatic heterocycles. The summed E-state index contributed by atoms with van der Waals surface area (Å²) in [4.78, 5) is 10.7. The lowest BCUT2D eigenvalue weighted by Crippen LogP contribution is -2.44. The van der Waals surface area contributed by atoms with E-state index in [1.165, 1.54) is 0 Å². The molecule has 5 N–H and O–H groups in total. The number of nitrogens with one attached hydrogen (secondary N) is 1. The van der Waals surface area contributed by atoms with Gasteiger partial charge in [0.2, 0.25) is 0 Å². The lowest BCUT2D eigenvalue weighted by molar-refractivity contribution is -0.122. The van der Waals surface area contributed by atoms with Gasteiger partial charge in [0.05, 0.1) is 11.8 Å². The van der Waals surface area contributed by atoms with Crippen LogP contribution in [0.1, 0.15) is 6.42 Å². The number of rotatable bonds is 4. The average molecular weight is 195 g/mol. The van der Waals surface area contributed by atoms with Crippen LogP contribution in [0.25, 0.3) is 0 Å². The van der Waals surface area contributed by atoms with Crippen molar-refractivity contribution in [1.29, 1.82) is 0 Å². The van der Waals surface area contributed by atoms with E-state index in [9.17, 15) is 13.2 Å². The molecule has 6 nitrogen and oxygen atoms in total. The van der Waals surface area contributed by atoms with Gasteiger partial charge in [-0.15, -0.1) is 0 Å². The van der Waals surface area contributed by atoms with E-state index in [-0.39, 0.29) is 12.2 Å². The number of nitrogens with two attached hydrogens (primary N) is 2. The summed E-state index contributed by atoms with van der Waals surface area (Å²) in [6.45, 7) is 0. The van der Waals surface area contributed by atoms with Crippen LogP contribution < -0.4 is 17.0 Å². The van der Waals surface area contributed by atoms with Crippen LogP contribution in [0.5, 0.6) is 0 Å². The van der Waals surface area contributed by atoms with Crippen molar-refractivity contribution in [3.05, 3.63) is 0 Å².